The fraction of sp³-hybridized carbons (Fsp3) is 0.469. The van der Waals surface area contributed by atoms with Gasteiger partial charge in [-0.25, -0.2) is 9.97 Å². The Morgan fingerprint density at radius 1 is 1.09 bits per heavy atom. The van der Waals surface area contributed by atoms with Gasteiger partial charge in [0.1, 0.15) is 22.5 Å². The van der Waals surface area contributed by atoms with Gasteiger partial charge in [0.2, 0.25) is 11.8 Å². The second-order valence-electron chi connectivity index (χ2n) is 11.5. The van der Waals surface area contributed by atoms with Crippen molar-refractivity contribution in [3.05, 3.63) is 81.0 Å². The summed E-state index contributed by atoms with van der Waals surface area (Å²) >= 11 is 1.34. The summed E-state index contributed by atoms with van der Waals surface area (Å²) < 4.78 is 6.01. The van der Waals surface area contributed by atoms with Crippen LogP contribution in [0.1, 0.15) is 95.8 Å². The monoisotopic (exact) mass is 606 g/mol. The van der Waals surface area contributed by atoms with E-state index in [9.17, 15) is 14.4 Å². The number of fused-ring (bicyclic) bond motifs is 4. The molecular weight excluding hydrogens is 564 g/mol. The highest BCUT2D eigenvalue weighted by Crippen LogP contribution is 2.27. The van der Waals surface area contributed by atoms with Crippen LogP contribution in [0.25, 0.3) is 0 Å². The van der Waals surface area contributed by atoms with Gasteiger partial charge in [0.15, 0.2) is 5.69 Å². The van der Waals surface area contributed by atoms with Crippen LogP contribution in [0.5, 0.6) is 0 Å². The van der Waals surface area contributed by atoms with Crippen LogP contribution in [0.15, 0.2) is 51.8 Å². The summed E-state index contributed by atoms with van der Waals surface area (Å²) in [5, 5.41) is 11.5. The zero-order chi connectivity index (χ0) is 30.9. The molecule has 230 valence electrons. The summed E-state index contributed by atoms with van der Waals surface area (Å²) in [6, 6.07) is 8.84. The fourth-order valence-electron chi connectivity index (χ4n) is 4.84. The van der Waals surface area contributed by atoms with Crippen LogP contribution < -0.4 is 16.0 Å². The molecule has 0 spiro atoms. The number of hydrogen-bond donors (Lipinski definition) is 3. The molecule has 1 aliphatic heterocycles. The lowest BCUT2D eigenvalue weighted by Crippen LogP contribution is -2.37. The third-order valence-corrected chi connectivity index (χ3v) is 8.20. The number of aromatic nitrogens is 2. The molecule has 0 saturated carbocycles. The van der Waals surface area contributed by atoms with Gasteiger partial charge in [-0.3, -0.25) is 19.3 Å². The number of amides is 3. The van der Waals surface area contributed by atoms with E-state index in [1.165, 1.54) is 16.9 Å². The zero-order valence-electron chi connectivity index (χ0n) is 25.6. The Balaban J connectivity index is 1.65. The molecule has 11 heteroatoms. The van der Waals surface area contributed by atoms with Gasteiger partial charge in [0, 0.05) is 37.9 Å². The fourth-order valence-corrected chi connectivity index (χ4v) is 5.86. The van der Waals surface area contributed by atoms with Gasteiger partial charge in [-0.2, -0.15) is 0 Å². The van der Waals surface area contributed by atoms with E-state index in [2.05, 4.69) is 50.7 Å². The lowest BCUT2D eigenvalue weighted by Gasteiger charge is -2.22. The van der Waals surface area contributed by atoms with Crippen LogP contribution in [0.3, 0.4) is 0 Å². The summed E-state index contributed by atoms with van der Waals surface area (Å²) in [6.45, 7) is 12.3. The SMILES string of the molecule is CC(C)=CCN1CCCC(=O)N[C@@H](Cc2ccccc2)c2nc(c(C)o2)C(=O)N[C@@H](C(C)C)c2nc(cs2)C(=O)NCC1. The first-order valence-electron chi connectivity index (χ1n) is 14.8. The molecule has 0 unspecified atom stereocenters. The molecule has 43 heavy (non-hydrogen) atoms. The van der Waals surface area contributed by atoms with Crippen molar-refractivity contribution < 1.29 is 18.8 Å². The van der Waals surface area contributed by atoms with E-state index in [-0.39, 0.29) is 29.3 Å². The molecule has 4 bridgehead atoms. The quantitative estimate of drug-likeness (QED) is 0.357. The number of carbonyl (C=O) groups excluding carboxylic acids is 3. The predicted molar refractivity (Wildman–Crippen MR) is 167 cm³/mol. The Morgan fingerprint density at radius 2 is 1.86 bits per heavy atom. The van der Waals surface area contributed by atoms with Gasteiger partial charge in [0.25, 0.3) is 11.8 Å². The van der Waals surface area contributed by atoms with Crippen LogP contribution in [-0.4, -0.2) is 58.8 Å². The van der Waals surface area contributed by atoms with E-state index < -0.39 is 18.0 Å². The number of hydrogen-bond acceptors (Lipinski definition) is 8. The van der Waals surface area contributed by atoms with E-state index in [1.54, 1.807) is 12.3 Å². The van der Waals surface area contributed by atoms with Crippen molar-refractivity contribution in [2.45, 2.75) is 66.0 Å². The number of allylic oxidation sites excluding steroid dienone is 1. The van der Waals surface area contributed by atoms with Gasteiger partial charge < -0.3 is 20.4 Å². The largest absolute Gasteiger partial charge is 0.443 e. The summed E-state index contributed by atoms with van der Waals surface area (Å²) in [7, 11) is 0. The molecule has 3 aromatic rings. The minimum atomic E-state index is -0.542. The van der Waals surface area contributed by atoms with Crippen molar-refractivity contribution in [3.63, 3.8) is 0 Å². The maximum Gasteiger partial charge on any atom is 0.274 e. The molecule has 0 aliphatic carbocycles. The smallest absolute Gasteiger partial charge is 0.274 e. The second kappa shape index (κ2) is 15.1. The standard InChI is InChI=1S/C32H42N6O4S/c1-20(2)13-16-38-15-9-12-26(39)34-24(18-23-10-7-6-8-11-23)31-37-28(22(5)42-31)30(41)36-27(21(3)4)32-35-25(19-43-32)29(40)33-14-17-38/h6-8,10-11,13,19,21,24,27H,9,12,14-18H2,1-5H3,(H,33,40)(H,34,39)(H,36,41)/t24-,27-/m0/s1. The molecule has 3 N–H and O–H groups in total. The lowest BCUT2D eigenvalue weighted by molar-refractivity contribution is -0.122. The minimum absolute atomic E-state index is 0.00398. The van der Waals surface area contributed by atoms with Crippen LogP contribution in [0.2, 0.25) is 0 Å². The molecule has 2 aromatic heterocycles. The first kappa shape index (κ1) is 32.1. The van der Waals surface area contributed by atoms with Crippen LogP contribution >= 0.6 is 11.3 Å². The molecule has 3 heterocycles. The molecule has 0 radical (unpaired) electrons. The minimum Gasteiger partial charge on any atom is -0.443 e. The number of aryl methyl sites for hydroxylation is 1. The van der Waals surface area contributed by atoms with Gasteiger partial charge in [0.05, 0.1) is 6.04 Å². The zero-order valence-corrected chi connectivity index (χ0v) is 26.4. The Morgan fingerprint density at radius 3 is 2.58 bits per heavy atom. The van der Waals surface area contributed by atoms with Crippen molar-refractivity contribution in [3.8, 4) is 0 Å². The Bertz CT molecular complexity index is 1430. The normalized spacial score (nSPS) is 19.3. The topological polar surface area (TPSA) is 129 Å². The van der Waals surface area contributed by atoms with E-state index in [1.807, 2.05) is 44.2 Å². The van der Waals surface area contributed by atoms with Crippen LogP contribution in [-0.2, 0) is 11.2 Å². The summed E-state index contributed by atoms with van der Waals surface area (Å²) in [5.74, 6) is -0.122. The van der Waals surface area contributed by atoms with E-state index in [0.29, 0.717) is 55.4 Å². The molecule has 3 amide bonds. The summed E-state index contributed by atoms with van der Waals surface area (Å²) in [6.07, 6.45) is 3.56. The summed E-state index contributed by atoms with van der Waals surface area (Å²) in [5.41, 5.74) is 2.70. The Hall–Kier alpha value is -3.83. The molecule has 1 aliphatic rings. The molecular formula is C32H42N6O4S. The number of thiazole rings is 1. The highest BCUT2D eigenvalue weighted by Gasteiger charge is 2.29. The molecule has 0 saturated heterocycles. The first-order chi connectivity index (χ1) is 20.6. The first-order valence-corrected chi connectivity index (χ1v) is 15.7. The molecule has 4 rings (SSSR count). The predicted octanol–water partition coefficient (Wildman–Crippen LogP) is 4.76. The third kappa shape index (κ3) is 9.08. The van der Waals surface area contributed by atoms with E-state index in [0.717, 1.165) is 12.1 Å². The van der Waals surface area contributed by atoms with E-state index >= 15 is 0 Å². The highest BCUT2D eigenvalue weighted by atomic mass is 32.1. The maximum absolute atomic E-state index is 13.5. The van der Waals surface area contributed by atoms with Crippen molar-refractivity contribution in [2.75, 3.05) is 26.2 Å². The molecule has 10 nitrogen and oxygen atoms in total. The lowest BCUT2D eigenvalue weighted by atomic mass is 10.0. The molecule has 2 atom stereocenters. The van der Waals surface area contributed by atoms with Crippen LogP contribution in [0, 0.1) is 12.8 Å². The molecule has 1 aromatic carbocycles. The Kier molecular flexibility index (Phi) is 11.2. The Labute approximate surface area is 257 Å². The number of benzene rings is 1. The van der Waals surface area contributed by atoms with Gasteiger partial charge >= 0.3 is 0 Å². The van der Waals surface area contributed by atoms with Gasteiger partial charge in [-0.05, 0) is 45.2 Å². The number of nitrogens with zero attached hydrogens (tertiary/aromatic N) is 3. The van der Waals surface area contributed by atoms with Gasteiger partial charge in [-0.15, -0.1) is 11.3 Å². The van der Waals surface area contributed by atoms with E-state index in [4.69, 9.17) is 4.42 Å². The van der Waals surface area contributed by atoms with Crippen molar-refractivity contribution >= 4 is 29.1 Å². The number of carbonyl (C=O) groups is 3. The van der Waals surface area contributed by atoms with Gasteiger partial charge in [-0.1, -0.05) is 55.8 Å². The number of oxazole rings is 1. The van der Waals surface area contributed by atoms with Crippen molar-refractivity contribution in [1.82, 2.24) is 30.8 Å². The average molecular weight is 607 g/mol. The number of rotatable bonds is 5. The third-order valence-electron chi connectivity index (χ3n) is 7.27. The van der Waals surface area contributed by atoms with Crippen LogP contribution in [0.4, 0.5) is 0 Å². The maximum atomic E-state index is 13.5. The van der Waals surface area contributed by atoms with Crippen molar-refractivity contribution in [2.24, 2.45) is 5.92 Å². The second-order valence-corrected chi connectivity index (χ2v) is 12.4. The average Bonchev–Trinajstić information content (AvgIpc) is 3.61. The summed E-state index contributed by atoms with van der Waals surface area (Å²) in [4.78, 5) is 50.9. The highest BCUT2D eigenvalue weighted by molar-refractivity contribution is 7.09. The number of nitrogens with one attached hydrogen (secondary N) is 3. The molecule has 0 fully saturated rings. The van der Waals surface area contributed by atoms with Crippen molar-refractivity contribution in [1.29, 1.82) is 0 Å².